The van der Waals surface area contributed by atoms with E-state index in [1.807, 2.05) is 0 Å². The van der Waals surface area contributed by atoms with Crippen molar-refractivity contribution in [3.05, 3.63) is 29.6 Å². The summed E-state index contributed by atoms with van der Waals surface area (Å²) in [6.07, 6.45) is 0.514. The first kappa shape index (κ1) is 11.5. The number of hydrogen-bond acceptors (Lipinski definition) is 3. The molecule has 3 N–H and O–H groups in total. The minimum atomic E-state index is -1.16. The van der Waals surface area contributed by atoms with E-state index in [0.29, 0.717) is 13.0 Å². The van der Waals surface area contributed by atoms with Gasteiger partial charge in [0.05, 0.1) is 11.3 Å². The number of hydrogen-bond donors (Lipinski definition) is 3. The summed E-state index contributed by atoms with van der Waals surface area (Å²) in [4.78, 5) is 10.5. The van der Waals surface area contributed by atoms with Crippen LogP contribution in [0.3, 0.4) is 0 Å². The molecule has 0 fully saturated rings. The third kappa shape index (κ3) is 3.21. The lowest BCUT2D eigenvalue weighted by Gasteiger charge is -2.06. The van der Waals surface area contributed by atoms with Gasteiger partial charge in [-0.1, -0.05) is 0 Å². The highest BCUT2D eigenvalue weighted by atomic mass is 19.1. The standard InChI is InChI=1S/C10H12FNO3/c11-8-6-7(10(14)15)2-3-9(8)12-4-1-5-13/h2-3,6,12-13H,1,4-5H2,(H,14,15). The summed E-state index contributed by atoms with van der Waals surface area (Å²) in [7, 11) is 0. The molecule has 1 rings (SSSR count). The summed E-state index contributed by atoms with van der Waals surface area (Å²) >= 11 is 0. The van der Waals surface area contributed by atoms with Crippen LogP contribution in [0.25, 0.3) is 0 Å². The van der Waals surface area contributed by atoms with E-state index in [-0.39, 0.29) is 17.9 Å². The maximum Gasteiger partial charge on any atom is 0.335 e. The number of carboxylic acids is 1. The molecule has 0 saturated heterocycles. The van der Waals surface area contributed by atoms with E-state index < -0.39 is 11.8 Å². The van der Waals surface area contributed by atoms with E-state index in [1.54, 1.807) is 0 Å². The molecule has 4 nitrogen and oxygen atoms in total. The number of carboxylic acid groups (broad SMARTS) is 1. The van der Waals surface area contributed by atoms with Gasteiger partial charge in [0.25, 0.3) is 0 Å². The first-order valence-electron chi connectivity index (χ1n) is 4.52. The lowest BCUT2D eigenvalue weighted by molar-refractivity contribution is 0.0696. The SMILES string of the molecule is O=C(O)c1ccc(NCCCO)c(F)c1. The summed E-state index contributed by atoms with van der Waals surface area (Å²) in [6.45, 7) is 0.474. The summed E-state index contributed by atoms with van der Waals surface area (Å²) in [5, 5.41) is 19.9. The highest BCUT2D eigenvalue weighted by Crippen LogP contribution is 2.15. The van der Waals surface area contributed by atoms with Crippen LogP contribution >= 0.6 is 0 Å². The summed E-state index contributed by atoms with van der Waals surface area (Å²) in [5.74, 6) is -1.76. The summed E-state index contributed by atoms with van der Waals surface area (Å²) in [5.41, 5.74) is 0.161. The number of nitrogens with one attached hydrogen (secondary N) is 1. The Bertz CT molecular complexity index is 355. The van der Waals surface area contributed by atoms with Crippen molar-refractivity contribution in [2.24, 2.45) is 0 Å². The third-order valence-corrected chi connectivity index (χ3v) is 1.87. The van der Waals surface area contributed by atoms with Gasteiger partial charge < -0.3 is 15.5 Å². The fraction of sp³-hybridized carbons (Fsp3) is 0.300. The fourth-order valence-corrected chi connectivity index (χ4v) is 1.09. The van der Waals surface area contributed by atoms with Crippen LogP contribution in [0.15, 0.2) is 18.2 Å². The van der Waals surface area contributed by atoms with Crippen LogP contribution < -0.4 is 5.32 Å². The van der Waals surface area contributed by atoms with Crippen LogP contribution in [0.2, 0.25) is 0 Å². The monoisotopic (exact) mass is 213 g/mol. The fourth-order valence-electron chi connectivity index (χ4n) is 1.09. The van der Waals surface area contributed by atoms with Crippen molar-refractivity contribution in [2.75, 3.05) is 18.5 Å². The molecule has 0 spiro atoms. The number of halogens is 1. The molecule has 0 bridgehead atoms. The molecule has 15 heavy (non-hydrogen) atoms. The Kier molecular flexibility index (Phi) is 4.05. The number of rotatable bonds is 5. The predicted octanol–water partition coefficient (Wildman–Crippen LogP) is 1.32. The van der Waals surface area contributed by atoms with Crippen molar-refractivity contribution in [3.8, 4) is 0 Å². The largest absolute Gasteiger partial charge is 0.478 e. The van der Waals surface area contributed by atoms with Gasteiger partial charge in [-0.2, -0.15) is 0 Å². The molecule has 0 aliphatic heterocycles. The van der Waals surface area contributed by atoms with E-state index in [1.165, 1.54) is 12.1 Å². The van der Waals surface area contributed by atoms with Crippen LogP contribution in [0, 0.1) is 5.82 Å². The zero-order valence-electron chi connectivity index (χ0n) is 8.03. The normalized spacial score (nSPS) is 10.0. The highest BCUT2D eigenvalue weighted by molar-refractivity contribution is 5.88. The van der Waals surface area contributed by atoms with Gasteiger partial charge in [0, 0.05) is 13.2 Å². The average Bonchev–Trinajstić information content (AvgIpc) is 2.20. The second-order valence-electron chi connectivity index (χ2n) is 3.00. The Balaban J connectivity index is 2.70. The summed E-state index contributed by atoms with van der Waals surface area (Å²) in [6, 6.07) is 3.66. The van der Waals surface area contributed by atoms with Gasteiger partial charge in [-0.25, -0.2) is 9.18 Å². The van der Waals surface area contributed by atoms with Crippen LogP contribution in [-0.2, 0) is 0 Å². The Morgan fingerprint density at radius 2 is 2.20 bits per heavy atom. The molecular formula is C10H12FNO3. The molecule has 0 saturated carbocycles. The minimum absolute atomic E-state index is 0.0296. The van der Waals surface area contributed by atoms with Crippen molar-refractivity contribution >= 4 is 11.7 Å². The van der Waals surface area contributed by atoms with Crippen molar-refractivity contribution in [3.63, 3.8) is 0 Å². The Morgan fingerprint density at radius 3 is 2.73 bits per heavy atom. The maximum atomic E-state index is 13.2. The van der Waals surface area contributed by atoms with Gasteiger partial charge in [0.15, 0.2) is 0 Å². The van der Waals surface area contributed by atoms with Crippen molar-refractivity contribution in [1.82, 2.24) is 0 Å². The quantitative estimate of drug-likeness (QED) is 0.645. The molecule has 0 heterocycles. The van der Waals surface area contributed by atoms with Gasteiger partial charge in [0.1, 0.15) is 5.82 Å². The second-order valence-corrected chi connectivity index (χ2v) is 3.00. The van der Waals surface area contributed by atoms with E-state index in [4.69, 9.17) is 10.2 Å². The molecule has 0 aromatic heterocycles. The van der Waals surface area contributed by atoms with E-state index in [9.17, 15) is 9.18 Å². The van der Waals surface area contributed by atoms with E-state index in [2.05, 4.69) is 5.32 Å². The van der Waals surface area contributed by atoms with Gasteiger partial charge in [-0.3, -0.25) is 0 Å². The third-order valence-electron chi connectivity index (χ3n) is 1.87. The number of anilines is 1. The molecule has 1 aromatic rings. The van der Waals surface area contributed by atoms with Gasteiger partial charge >= 0.3 is 5.97 Å². The molecule has 0 aliphatic rings. The Morgan fingerprint density at radius 1 is 1.47 bits per heavy atom. The smallest absolute Gasteiger partial charge is 0.335 e. The molecule has 0 aliphatic carbocycles. The van der Waals surface area contributed by atoms with Crippen LogP contribution in [-0.4, -0.2) is 29.3 Å². The maximum absolute atomic E-state index is 13.2. The molecule has 0 unspecified atom stereocenters. The minimum Gasteiger partial charge on any atom is -0.478 e. The molecule has 0 atom stereocenters. The topological polar surface area (TPSA) is 69.6 Å². The lowest BCUT2D eigenvalue weighted by atomic mass is 10.2. The molecule has 5 heteroatoms. The Labute approximate surface area is 86.4 Å². The van der Waals surface area contributed by atoms with Crippen LogP contribution in [0.5, 0.6) is 0 Å². The number of aliphatic hydroxyl groups is 1. The van der Waals surface area contributed by atoms with Gasteiger partial charge in [-0.05, 0) is 24.6 Å². The van der Waals surface area contributed by atoms with E-state index >= 15 is 0 Å². The average molecular weight is 213 g/mol. The van der Waals surface area contributed by atoms with Crippen LogP contribution in [0.1, 0.15) is 16.8 Å². The molecule has 1 aromatic carbocycles. The van der Waals surface area contributed by atoms with Crippen molar-refractivity contribution < 1.29 is 19.4 Å². The molecular weight excluding hydrogens is 201 g/mol. The highest BCUT2D eigenvalue weighted by Gasteiger charge is 2.07. The number of aliphatic hydroxyl groups excluding tert-OH is 1. The number of carbonyl (C=O) groups is 1. The molecule has 82 valence electrons. The zero-order chi connectivity index (χ0) is 11.3. The van der Waals surface area contributed by atoms with Crippen molar-refractivity contribution in [1.29, 1.82) is 0 Å². The first-order valence-corrected chi connectivity index (χ1v) is 4.52. The van der Waals surface area contributed by atoms with Crippen LogP contribution in [0.4, 0.5) is 10.1 Å². The van der Waals surface area contributed by atoms with Gasteiger partial charge in [0.2, 0.25) is 0 Å². The second kappa shape index (κ2) is 5.31. The van der Waals surface area contributed by atoms with E-state index in [0.717, 1.165) is 6.07 Å². The predicted molar refractivity (Wildman–Crippen MR) is 53.6 cm³/mol. The van der Waals surface area contributed by atoms with Gasteiger partial charge in [-0.15, -0.1) is 0 Å². The molecule has 0 radical (unpaired) electrons. The first-order chi connectivity index (χ1) is 7.15. The lowest BCUT2D eigenvalue weighted by Crippen LogP contribution is -2.06. The Hall–Kier alpha value is -1.62. The summed E-state index contributed by atoms with van der Waals surface area (Å²) < 4.78 is 13.2. The van der Waals surface area contributed by atoms with Crippen molar-refractivity contribution in [2.45, 2.75) is 6.42 Å². The zero-order valence-corrected chi connectivity index (χ0v) is 8.03. The number of benzene rings is 1. The molecule has 0 amide bonds. The number of aromatic carboxylic acids is 1.